The van der Waals surface area contributed by atoms with Gasteiger partial charge in [0.1, 0.15) is 5.75 Å². The van der Waals surface area contributed by atoms with E-state index in [1.54, 1.807) is 7.11 Å². The Balaban J connectivity index is 3.25. The van der Waals surface area contributed by atoms with Crippen molar-refractivity contribution in [2.45, 2.75) is 26.8 Å². The Kier molecular flexibility index (Phi) is 4.42. The highest BCUT2D eigenvalue weighted by Crippen LogP contribution is 2.37. The van der Waals surface area contributed by atoms with Crippen LogP contribution in [-0.4, -0.2) is 13.7 Å². The van der Waals surface area contributed by atoms with Gasteiger partial charge in [-0.05, 0) is 36.6 Å². The Morgan fingerprint density at radius 2 is 2.00 bits per heavy atom. The molecule has 96 valence electrons. The van der Waals surface area contributed by atoms with Gasteiger partial charge in [-0.3, -0.25) is 0 Å². The fourth-order valence-corrected chi connectivity index (χ4v) is 1.81. The zero-order chi connectivity index (χ0) is 13.2. The van der Waals surface area contributed by atoms with Crippen LogP contribution in [0.15, 0.2) is 12.1 Å². The molecule has 1 aromatic rings. The Hall–Kier alpha value is -0.770. The first kappa shape index (κ1) is 14.3. The summed E-state index contributed by atoms with van der Waals surface area (Å²) in [7, 11) is 1.63. The number of halogens is 1. The van der Waals surface area contributed by atoms with Crippen molar-refractivity contribution in [1.82, 2.24) is 0 Å². The van der Waals surface area contributed by atoms with Crippen LogP contribution in [0.4, 0.5) is 0 Å². The molecular formula is C13H21ClN2O. The first-order valence-electron chi connectivity index (χ1n) is 5.63. The number of rotatable bonds is 4. The van der Waals surface area contributed by atoms with Crippen molar-refractivity contribution >= 4 is 11.6 Å². The van der Waals surface area contributed by atoms with Gasteiger partial charge in [0.05, 0.1) is 7.11 Å². The van der Waals surface area contributed by atoms with Gasteiger partial charge in [0, 0.05) is 16.6 Å². The first-order chi connectivity index (χ1) is 7.83. The predicted molar refractivity (Wildman–Crippen MR) is 72.5 cm³/mol. The first-order valence-corrected chi connectivity index (χ1v) is 6.01. The summed E-state index contributed by atoms with van der Waals surface area (Å²) < 4.78 is 5.36. The van der Waals surface area contributed by atoms with Crippen LogP contribution >= 0.6 is 11.6 Å². The van der Waals surface area contributed by atoms with Crippen LogP contribution in [0.2, 0.25) is 5.02 Å². The summed E-state index contributed by atoms with van der Waals surface area (Å²) in [5, 5.41) is 0.698. The fourth-order valence-electron chi connectivity index (χ4n) is 1.64. The molecule has 0 saturated heterocycles. The SMILES string of the molecule is COc1cc(C)c(Cl)cc1C(N)C(C)(C)CN. The van der Waals surface area contributed by atoms with Crippen molar-refractivity contribution in [3.8, 4) is 5.75 Å². The van der Waals surface area contributed by atoms with E-state index in [0.717, 1.165) is 16.9 Å². The van der Waals surface area contributed by atoms with E-state index in [9.17, 15) is 0 Å². The quantitative estimate of drug-likeness (QED) is 0.871. The van der Waals surface area contributed by atoms with Gasteiger partial charge in [0.25, 0.3) is 0 Å². The van der Waals surface area contributed by atoms with Crippen LogP contribution in [0.3, 0.4) is 0 Å². The summed E-state index contributed by atoms with van der Waals surface area (Å²) in [5.74, 6) is 0.765. The van der Waals surface area contributed by atoms with Crippen molar-refractivity contribution in [3.05, 3.63) is 28.3 Å². The lowest BCUT2D eigenvalue weighted by atomic mass is 9.80. The van der Waals surface area contributed by atoms with E-state index in [4.69, 9.17) is 27.8 Å². The van der Waals surface area contributed by atoms with Gasteiger partial charge in [-0.1, -0.05) is 25.4 Å². The summed E-state index contributed by atoms with van der Waals surface area (Å²) in [4.78, 5) is 0. The van der Waals surface area contributed by atoms with Crippen molar-refractivity contribution in [3.63, 3.8) is 0 Å². The van der Waals surface area contributed by atoms with E-state index in [0.29, 0.717) is 11.6 Å². The second-order valence-electron chi connectivity index (χ2n) is 5.01. The van der Waals surface area contributed by atoms with Crippen molar-refractivity contribution in [2.24, 2.45) is 16.9 Å². The molecule has 1 atom stereocenters. The highest BCUT2D eigenvalue weighted by Gasteiger charge is 2.28. The zero-order valence-corrected chi connectivity index (χ0v) is 11.6. The Labute approximate surface area is 108 Å². The molecule has 1 rings (SSSR count). The lowest BCUT2D eigenvalue weighted by Gasteiger charge is -2.31. The summed E-state index contributed by atoms with van der Waals surface area (Å²) in [5.41, 5.74) is 13.7. The normalized spacial score (nSPS) is 13.6. The number of hydrogen-bond acceptors (Lipinski definition) is 3. The van der Waals surface area contributed by atoms with Crippen LogP contribution in [0.5, 0.6) is 5.75 Å². The molecule has 0 heterocycles. The molecule has 0 aromatic heterocycles. The lowest BCUT2D eigenvalue weighted by Crippen LogP contribution is -2.36. The minimum absolute atomic E-state index is 0.203. The summed E-state index contributed by atoms with van der Waals surface area (Å²) in [6.45, 7) is 6.51. The summed E-state index contributed by atoms with van der Waals surface area (Å²) in [6.07, 6.45) is 0. The zero-order valence-electron chi connectivity index (χ0n) is 10.9. The van der Waals surface area contributed by atoms with Crippen LogP contribution in [0, 0.1) is 12.3 Å². The Morgan fingerprint density at radius 3 is 2.47 bits per heavy atom. The predicted octanol–water partition coefficient (Wildman–Crippen LogP) is 2.64. The highest BCUT2D eigenvalue weighted by molar-refractivity contribution is 6.31. The van der Waals surface area contributed by atoms with Gasteiger partial charge in [0.2, 0.25) is 0 Å². The average Bonchev–Trinajstić information content (AvgIpc) is 2.31. The van der Waals surface area contributed by atoms with Crippen molar-refractivity contribution in [1.29, 1.82) is 0 Å². The van der Waals surface area contributed by atoms with E-state index in [-0.39, 0.29) is 11.5 Å². The molecule has 0 radical (unpaired) electrons. The maximum absolute atomic E-state index is 6.26. The molecule has 0 aliphatic carbocycles. The van der Waals surface area contributed by atoms with E-state index >= 15 is 0 Å². The lowest BCUT2D eigenvalue weighted by molar-refractivity contribution is 0.292. The number of methoxy groups -OCH3 is 1. The standard InChI is InChI=1S/C13H21ClN2O/c1-8-5-11(17-4)9(6-10(8)14)12(16)13(2,3)7-15/h5-6,12H,7,15-16H2,1-4H3. The minimum Gasteiger partial charge on any atom is -0.496 e. The Bertz CT molecular complexity index is 405. The maximum atomic E-state index is 6.26. The van der Waals surface area contributed by atoms with Crippen molar-refractivity contribution < 1.29 is 4.74 Å². The third-order valence-corrected chi connectivity index (χ3v) is 3.62. The van der Waals surface area contributed by atoms with Gasteiger partial charge < -0.3 is 16.2 Å². The van der Waals surface area contributed by atoms with Gasteiger partial charge in [-0.15, -0.1) is 0 Å². The fraction of sp³-hybridized carbons (Fsp3) is 0.538. The van der Waals surface area contributed by atoms with Crippen LogP contribution in [0.1, 0.15) is 31.0 Å². The third-order valence-electron chi connectivity index (χ3n) is 3.21. The van der Waals surface area contributed by atoms with E-state index in [2.05, 4.69) is 0 Å². The van der Waals surface area contributed by atoms with Gasteiger partial charge >= 0.3 is 0 Å². The molecule has 0 fully saturated rings. The molecule has 1 aromatic carbocycles. The number of nitrogens with two attached hydrogens (primary N) is 2. The molecular weight excluding hydrogens is 236 g/mol. The highest BCUT2D eigenvalue weighted by atomic mass is 35.5. The second-order valence-corrected chi connectivity index (χ2v) is 5.42. The van der Waals surface area contributed by atoms with E-state index in [1.807, 2.05) is 32.9 Å². The second kappa shape index (κ2) is 5.25. The van der Waals surface area contributed by atoms with Crippen LogP contribution < -0.4 is 16.2 Å². The third kappa shape index (κ3) is 2.92. The molecule has 0 spiro atoms. The molecule has 0 aliphatic heterocycles. The summed E-state index contributed by atoms with van der Waals surface area (Å²) in [6, 6.07) is 3.57. The maximum Gasteiger partial charge on any atom is 0.124 e. The topological polar surface area (TPSA) is 61.3 Å². The molecule has 0 bridgehead atoms. The Morgan fingerprint density at radius 1 is 1.41 bits per heavy atom. The molecule has 0 amide bonds. The van der Waals surface area contributed by atoms with E-state index in [1.165, 1.54) is 0 Å². The number of benzene rings is 1. The number of ether oxygens (including phenoxy) is 1. The van der Waals surface area contributed by atoms with Gasteiger partial charge in [-0.25, -0.2) is 0 Å². The van der Waals surface area contributed by atoms with E-state index < -0.39 is 0 Å². The molecule has 4 N–H and O–H groups in total. The average molecular weight is 257 g/mol. The molecule has 1 unspecified atom stereocenters. The van der Waals surface area contributed by atoms with Gasteiger partial charge in [-0.2, -0.15) is 0 Å². The molecule has 0 aliphatic rings. The largest absolute Gasteiger partial charge is 0.496 e. The molecule has 17 heavy (non-hydrogen) atoms. The molecule has 4 heteroatoms. The smallest absolute Gasteiger partial charge is 0.124 e. The number of aryl methyl sites for hydroxylation is 1. The molecule has 0 saturated carbocycles. The monoisotopic (exact) mass is 256 g/mol. The minimum atomic E-state index is -0.208. The summed E-state index contributed by atoms with van der Waals surface area (Å²) >= 11 is 6.14. The van der Waals surface area contributed by atoms with Gasteiger partial charge in [0.15, 0.2) is 0 Å². The number of hydrogen-bond donors (Lipinski definition) is 2. The van der Waals surface area contributed by atoms with Crippen LogP contribution in [0.25, 0.3) is 0 Å². The van der Waals surface area contributed by atoms with Crippen molar-refractivity contribution in [2.75, 3.05) is 13.7 Å². The molecule has 3 nitrogen and oxygen atoms in total. The van der Waals surface area contributed by atoms with Crippen LogP contribution in [-0.2, 0) is 0 Å².